The minimum absolute atomic E-state index is 0.889. The predicted molar refractivity (Wildman–Crippen MR) is 184 cm³/mol. The number of hydrogen-bond donors (Lipinski definition) is 0. The van der Waals surface area contributed by atoms with Gasteiger partial charge in [0.05, 0.1) is 10.4 Å². The number of nitrogens with zero attached hydrogens (tertiary/aromatic N) is 1. The van der Waals surface area contributed by atoms with Crippen LogP contribution in [-0.2, 0) is 0 Å². The van der Waals surface area contributed by atoms with Crippen LogP contribution in [0, 0.1) is 0 Å². The second kappa shape index (κ2) is 9.59. The van der Waals surface area contributed by atoms with Crippen molar-refractivity contribution >= 4 is 81.3 Å². The summed E-state index contributed by atoms with van der Waals surface area (Å²) < 4.78 is 8.90. The Morgan fingerprint density at radius 2 is 1.14 bits per heavy atom. The molecule has 3 heteroatoms. The van der Waals surface area contributed by atoms with Gasteiger partial charge in [0, 0.05) is 43.7 Å². The fourth-order valence-electron chi connectivity index (χ4n) is 6.36. The van der Waals surface area contributed by atoms with Crippen LogP contribution >= 0.6 is 11.3 Å². The standard InChI is InChI=1S/C40H25NOS/c1-2-9-28-24-29(17-16-26(28)8-1)27-18-20-30(21-19-27)41(31-22-23-33-32-10-3-5-14-37(32)42-38(33)25-31)36-13-7-12-35-34-11-4-6-15-39(34)43-40(35)36/h1-25H. The Kier molecular flexibility index (Phi) is 5.40. The summed E-state index contributed by atoms with van der Waals surface area (Å²) in [5, 5.41) is 7.35. The summed E-state index contributed by atoms with van der Waals surface area (Å²) in [5.74, 6) is 0. The van der Waals surface area contributed by atoms with E-state index in [4.69, 9.17) is 4.42 Å². The number of rotatable bonds is 4. The van der Waals surface area contributed by atoms with E-state index in [-0.39, 0.29) is 0 Å². The van der Waals surface area contributed by atoms with Gasteiger partial charge in [0.25, 0.3) is 0 Å². The second-order valence-electron chi connectivity index (χ2n) is 11.0. The largest absolute Gasteiger partial charge is 0.456 e. The Morgan fingerprint density at radius 1 is 0.442 bits per heavy atom. The van der Waals surface area contributed by atoms with Gasteiger partial charge in [-0.25, -0.2) is 0 Å². The summed E-state index contributed by atoms with van der Waals surface area (Å²) in [4.78, 5) is 2.37. The van der Waals surface area contributed by atoms with Crippen LogP contribution in [0.15, 0.2) is 156 Å². The molecule has 0 fully saturated rings. The number of benzene rings is 7. The molecule has 0 saturated carbocycles. The molecule has 0 spiro atoms. The molecule has 0 amide bonds. The summed E-state index contributed by atoms with van der Waals surface area (Å²) in [6.45, 7) is 0. The molecular weight excluding hydrogens is 543 g/mol. The minimum atomic E-state index is 0.889. The monoisotopic (exact) mass is 567 g/mol. The molecule has 0 aliphatic rings. The van der Waals surface area contributed by atoms with Gasteiger partial charge in [-0.15, -0.1) is 11.3 Å². The molecule has 0 radical (unpaired) electrons. The Labute approximate surface area is 252 Å². The first-order valence-electron chi connectivity index (χ1n) is 14.5. The maximum Gasteiger partial charge on any atom is 0.137 e. The van der Waals surface area contributed by atoms with Crippen LogP contribution in [0.25, 0.3) is 64.0 Å². The van der Waals surface area contributed by atoms with Gasteiger partial charge in [0.1, 0.15) is 11.2 Å². The lowest BCUT2D eigenvalue weighted by atomic mass is 10.0. The third-order valence-corrected chi connectivity index (χ3v) is 9.66. The number of anilines is 3. The predicted octanol–water partition coefficient (Wildman–Crippen LogP) is 12.2. The maximum atomic E-state index is 6.34. The number of thiophene rings is 1. The minimum Gasteiger partial charge on any atom is -0.456 e. The molecule has 0 unspecified atom stereocenters. The van der Waals surface area contributed by atoms with Gasteiger partial charge < -0.3 is 9.32 Å². The highest BCUT2D eigenvalue weighted by Crippen LogP contribution is 2.45. The zero-order chi connectivity index (χ0) is 28.3. The number of fused-ring (bicyclic) bond motifs is 7. The summed E-state index contributed by atoms with van der Waals surface area (Å²) >= 11 is 1.85. The lowest BCUT2D eigenvalue weighted by molar-refractivity contribution is 0.669. The maximum absolute atomic E-state index is 6.34. The second-order valence-corrected chi connectivity index (χ2v) is 12.0. The smallest absolute Gasteiger partial charge is 0.137 e. The van der Waals surface area contributed by atoms with Crippen LogP contribution in [0.1, 0.15) is 0 Å². The molecule has 9 aromatic rings. The van der Waals surface area contributed by atoms with Crippen LogP contribution in [0.3, 0.4) is 0 Å². The van der Waals surface area contributed by atoms with Crippen molar-refractivity contribution in [2.75, 3.05) is 4.90 Å². The van der Waals surface area contributed by atoms with Crippen LogP contribution in [0.4, 0.5) is 17.1 Å². The van der Waals surface area contributed by atoms with Crippen molar-refractivity contribution < 1.29 is 4.42 Å². The summed E-state index contributed by atoms with van der Waals surface area (Å²) in [6, 6.07) is 54.3. The molecule has 0 aliphatic carbocycles. The molecule has 0 saturated heterocycles. The van der Waals surface area contributed by atoms with E-state index in [2.05, 4.69) is 144 Å². The van der Waals surface area contributed by atoms with E-state index >= 15 is 0 Å². The van der Waals surface area contributed by atoms with E-state index < -0.39 is 0 Å². The zero-order valence-corrected chi connectivity index (χ0v) is 24.0. The molecule has 0 bridgehead atoms. The van der Waals surface area contributed by atoms with E-state index in [0.717, 1.165) is 39.0 Å². The molecule has 0 aliphatic heterocycles. The van der Waals surface area contributed by atoms with Crippen molar-refractivity contribution in [3.8, 4) is 11.1 Å². The van der Waals surface area contributed by atoms with Crippen molar-refractivity contribution in [3.63, 3.8) is 0 Å². The van der Waals surface area contributed by atoms with Gasteiger partial charge in [-0.1, -0.05) is 97.1 Å². The first-order chi connectivity index (χ1) is 21.3. The van der Waals surface area contributed by atoms with E-state index in [0.29, 0.717) is 0 Å². The van der Waals surface area contributed by atoms with Gasteiger partial charge in [0.15, 0.2) is 0 Å². The highest BCUT2D eigenvalue weighted by molar-refractivity contribution is 7.26. The van der Waals surface area contributed by atoms with Crippen molar-refractivity contribution in [2.24, 2.45) is 0 Å². The first-order valence-corrected chi connectivity index (χ1v) is 15.3. The van der Waals surface area contributed by atoms with Crippen LogP contribution in [0.2, 0.25) is 0 Å². The zero-order valence-electron chi connectivity index (χ0n) is 23.2. The van der Waals surface area contributed by atoms with Gasteiger partial charge in [-0.3, -0.25) is 0 Å². The van der Waals surface area contributed by atoms with Crippen molar-refractivity contribution in [1.82, 2.24) is 0 Å². The van der Waals surface area contributed by atoms with Crippen molar-refractivity contribution in [1.29, 1.82) is 0 Å². The molecule has 7 aromatic carbocycles. The van der Waals surface area contributed by atoms with Gasteiger partial charge in [-0.05, 0) is 70.4 Å². The van der Waals surface area contributed by atoms with Gasteiger partial charge in [-0.2, -0.15) is 0 Å². The summed E-state index contributed by atoms with van der Waals surface area (Å²) in [6.07, 6.45) is 0. The highest BCUT2D eigenvalue weighted by Gasteiger charge is 2.19. The number of para-hydroxylation sites is 1. The normalized spacial score (nSPS) is 11.7. The Hall–Kier alpha value is -5.38. The molecule has 0 N–H and O–H groups in total. The van der Waals surface area contributed by atoms with Crippen molar-refractivity contribution in [2.45, 2.75) is 0 Å². The molecular formula is C40H25NOS. The van der Waals surface area contributed by atoms with Crippen molar-refractivity contribution in [3.05, 3.63) is 152 Å². The van der Waals surface area contributed by atoms with E-state index in [1.807, 2.05) is 23.5 Å². The van der Waals surface area contributed by atoms with Crippen LogP contribution < -0.4 is 4.90 Å². The number of furan rings is 1. The SMILES string of the molecule is c1ccc2cc(-c3ccc(N(c4ccc5c(c4)oc4ccccc45)c4cccc5c4sc4ccccc45)cc3)ccc2c1. The Morgan fingerprint density at radius 3 is 2.05 bits per heavy atom. The molecule has 202 valence electrons. The molecule has 2 heterocycles. The lowest BCUT2D eigenvalue weighted by Crippen LogP contribution is -2.10. The average molecular weight is 568 g/mol. The molecule has 9 rings (SSSR count). The van der Waals surface area contributed by atoms with Crippen LogP contribution in [-0.4, -0.2) is 0 Å². The Bertz CT molecular complexity index is 2470. The first kappa shape index (κ1) is 24.2. The van der Waals surface area contributed by atoms with Gasteiger partial charge >= 0.3 is 0 Å². The molecule has 2 nitrogen and oxygen atoms in total. The average Bonchev–Trinajstić information content (AvgIpc) is 3.64. The molecule has 2 aromatic heterocycles. The highest BCUT2D eigenvalue weighted by atomic mass is 32.1. The summed E-state index contributed by atoms with van der Waals surface area (Å²) in [5.41, 5.74) is 7.54. The summed E-state index contributed by atoms with van der Waals surface area (Å²) in [7, 11) is 0. The third kappa shape index (κ3) is 3.93. The van der Waals surface area contributed by atoms with E-state index in [1.54, 1.807) is 0 Å². The topological polar surface area (TPSA) is 16.4 Å². The van der Waals surface area contributed by atoms with E-state index in [9.17, 15) is 0 Å². The van der Waals surface area contributed by atoms with Crippen LogP contribution in [0.5, 0.6) is 0 Å². The Balaban J connectivity index is 1.23. The fourth-order valence-corrected chi connectivity index (χ4v) is 7.57. The lowest BCUT2D eigenvalue weighted by Gasteiger charge is -2.26. The third-order valence-electron chi connectivity index (χ3n) is 8.45. The van der Waals surface area contributed by atoms with E-state index in [1.165, 1.54) is 42.1 Å². The number of hydrogen-bond acceptors (Lipinski definition) is 3. The molecule has 0 atom stereocenters. The quantitative estimate of drug-likeness (QED) is 0.210. The molecule has 43 heavy (non-hydrogen) atoms. The van der Waals surface area contributed by atoms with Gasteiger partial charge in [0.2, 0.25) is 0 Å². The fraction of sp³-hybridized carbons (Fsp3) is 0.